The molecule has 0 radical (unpaired) electrons. The molecule has 4 aliphatic carbocycles. The molecule has 2 heterocycles. The second-order valence-electron chi connectivity index (χ2n) is 17.0. The van der Waals surface area contributed by atoms with Crippen molar-refractivity contribution in [1.82, 2.24) is 15.0 Å². The van der Waals surface area contributed by atoms with Gasteiger partial charge in [0.2, 0.25) is 0 Å². The summed E-state index contributed by atoms with van der Waals surface area (Å²) in [6.45, 7) is 0. The van der Waals surface area contributed by atoms with Crippen LogP contribution in [-0.2, 0) is 5.41 Å². The SMILES string of the molecule is N#Cc1cccc2c(-c3ccc(C4(c5ccc(-c6nc(-c7ccccc7)nc(-c7cccc8oc9ccccc9c78)n6)cc5)C5CC6CC7CC4C675)cc3)cccc12. The van der Waals surface area contributed by atoms with E-state index in [2.05, 4.69) is 103 Å². The van der Waals surface area contributed by atoms with Gasteiger partial charge in [-0.05, 0) is 94.2 Å². The van der Waals surface area contributed by atoms with E-state index in [1.54, 1.807) is 0 Å². The van der Waals surface area contributed by atoms with Gasteiger partial charge in [-0.3, -0.25) is 0 Å². The Labute approximate surface area is 335 Å². The van der Waals surface area contributed by atoms with Crippen molar-refractivity contribution in [1.29, 1.82) is 5.26 Å². The lowest BCUT2D eigenvalue weighted by molar-refractivity contribution is -0.413. The highest BCUT2D eigenvalue weighted by atomic mass is 16.3. The molecule has 13 rings (SSSR count). The maximum atomic E-state index is 9.79. The maximum absolute atomic E-state index is 9.79. The Hall–Kier alpha value is -6.90. The van der Waals surface area contributed by atoms with Gasteiger partial charge in [0.1, 0.15) is 11.2 Å². The van der Waals surface area contributed by atoms with Crippen molar-refractivity contribution in [2.75, 3.05) is 0 Å². The van der Waals surface area contributed by atoms with Crippen LogP contribution in [0.25, 0.3) is 78.0 Å². The van der Waals surface area contributed by atoms with E-state index in [0.717, 1.165) is 61.2 Å². The van der Waals surface area contributed by atoms with Crippen LogP contribution in [0, 0.1) is 40.4 Å². The quantitative estimate of drug-likeness (QED) is 0.169. The maximum Gasteiger partial charge on any atom is 0.164 e. The fourth-order valence-corrected chi connectivity index (χ4v) is 12.6. The third kappa shape index (κ3) is 4.02. The summed E-state index contributed by atoms with van der Waals surface area (Å²) in [7, 11) is 0. The zero-order chi connectivity index (χ0) is 38.2. The van der Waals surface area contributed by atoms with Crippen molar-refractivity contribution in [3.8, 4) is 51.4 Å². The molecule has 0 amide bonds. The molecule has 4 atom stereocenters. The largest absolute Gasteiger partial charge is 0.456 e. The van der Waals surface area contributed by atoms with E-state index in [-0.39, 0.29) is 5.41 Å². The van der Waals surface area contributed by atoms with E-state index in [1.165, 1.54) is 41.5 Å². The van der Waals surface area contributed by atoms with Gasteiger partial charge in [0.15, 0.2) is 17.5 Å². The van der Waals surface area contributed by atoms with Crippen LogP contribution in [-0.4, -0.2) is 15.0 Å². The van der Waals surface area contributed by atoms with E-state index in [0.29, 0.717) is 40.3 Å². The second kappa shape index (κ2) is 11.6. The molecule has 0 N–H and O–H groups in total. The Kier molecular flexibility index (Phi) is 6.44. The van der Waals surface area contributed by atoms with Crippen molar-refractivity contribution >= 4 is 32.7 Å². The van der Waals surface area contributed by atoms with Gasteiger partial charge < -0.3 is 4.42 Å². The lowest BCUT2D eigenvalue weighted by Crippen LogP contribution is -2.89. The number of para-hydroxylation sites is 1. The van der Waals surface area contributed by atoms with Crippen LogP contribution in [0.2, 0.25) is 0 Å². The van der Waals surface area contributed by atoms with Crippen LogP contribution in [0.5, 0.6) is 0 Å². The molecule has 9 aromatic rings. The number of hydrogen-bond donors (Lipinski definition) is 0. The Morgan fingerprint density at radius 2 is 1.05 bits per heavy atom. The first-order chi connectivity index (χ1) is 28.7. The van der Waals surface area contributed by atoms with Gasteiger partial charge in [-0.2, -0.15) is 5.26 Å². The molecule has 7 aromatic carbocycles. The summed E-state index contributed by atoms with van der Waals surface area (Å²) in [5, 5.41) is 14.0. The fourth-order valence-electron chi connectivity index (χ4n) is 12.6. The molecule has 4 unspecified atom stereocenters. The summed E-state index contributed by atoms with van der Waals surface area (Å²) in [6.07, 6.45) is 4.07. The Morgan fingerprint density at radius 1 is 0.483 bits per heavy atom. The highest BCUT2D eigenvalue weighted by Gasteiger charge is 2.89. The standard InChI is InChI=1S/C53H36N4O/c54-30-34-11-6-15-41-39(13-7-14-40(34)41)31-19-23-35(24-20-31)52(46-28-37-27-38-29-47(52)53(37,38)46)36-25-21-33(22-26-36)50-55-49(32-9-2-1-3-10-32)56-51(57-50)43-16-8-18-45-48(43)42-12-4-5-17-44(42)58-45/h1-26,37-38,46-47H,27-29H2. The number of rotatable bonds is 6. The molecule has 0 aliphatic heterocycles. The third-order valence-corrected chi connectivity index (χ3v) is 15.0. The van der Waals surface area contributed by atoms with E-state index >= 15 is 0 Å². The summed E-state index contributed by atoms with van der Waals surface area (Å²) in [5.74, 6) is 5.10. The van der Waals surface area contributed by atoms with Crippen LogP contribution in [0.3, 0.4) is 0 Å². The van der Waals surface area contributed by atoms with E-state index < -0.39 is 0 Å². The monoisotopic (exact) mass is 744 g/mol. The van der Waals surface area contributed by atoms with Crippen LogP contribution < -0.4 is 0 Å². The molecule has 58 heavy (non-hydrogen) atoms. The van der Waals surface area contributed by atoms with E-state index in [4.69, 9.17) is 19.4 Å². The third-order valence-electron chi connectivity index (χ3n) is 15.0. The minimum Gasteiger partial charge on any atom is -0.456 e. The number of benzene rings is 7. The zero-order valence-electron chi connectivity index (χ0n) is 31.6. The summed E-state index contributed by atoms with van der Waals surface area (Å²) in [5.41, 5.74) is 11.0. The van der Waals surface area contributed by atoms with Gasteiger partial charge in [0, 0.05) is 38.3 Å². The van der Waals surface area contributed by atoms with Crippen molar-refractivity contribution in [2.24, 2.45) is 29.1 Å². The molecule has 5 heteroatoms. The zero-order valence-corrected chi connectivity index (χ0v) is 31.6. The Bertz CT molecular complexity index is 3170. The number of hydrogen-bond acceptors (Lipinski definition) is 5. The number of fused-ring (bicyclic) bond motifs is 4. The average molecular weight is 745 g/mol. The number of nitrogens with zero attached hydrogens (tertiary/aromatic N) is 4. The van der Waals surface area contributed by atoms with Crippen LogP contribution >= 0.6 is 0 Å². The number of nitriles is 1. The summed E-state index contributed by atoms with van der Waals surface area (Å²) in [6, 6.07) is 57.9. The molecule has 0 bridgehead atoms. The van der Waals surface area contributed by atoms with Crippen LogP contribution in [0.4, 0.5) is 0 Å². The first-order valence-corrected chi connectivity index (χ1v) is 20.5. The Morgan fingerprint density at radius 3 is 1.78 bits per heavy atom. The fraction of sp³-hybridized carbons (Fsp3) is 0.170. The molecule has 1 spiro atoms. The number of furan rings is 1. The van der Waals surface area contributed by atoms with Gasteiger partial charge >= 0.3 is 0 Å². The summed E-state index contributed by atoms with van der Waals surface area (Å²) in [4.78, 5) is 15.4. The molecule has 5 nitrogen and oxygen atoms in total. The molecule has 4 saturated carbocycles. The average Bonchev–Trinajstić information content (AvgIpc) is 3.65. The molecular weight excluding hydrogens is 709 g/mol. The first kappa shape index (κ1) is 32.2. The lowest BCUT2D eigenvalue weighted by Gasteiger charge is -2.92. The lowest BCUT2D eigenvalue weighted by atomic mass is 9.11. The van der Waals surface area contributed by atoms with Crippen molar-refractivity contribution in [3.63, 3.8) is 0 Å². The summed E-state index contributed by atoms with van der Waals surface area (Å²) < 4.78 is 6.27. The van der Waals surface area contributed by atoms with E-state index in [1.807, 2.05) is 60.7 Å². The predicted octanol–water partition coefficient (Wildman–Crippen LogP) is 12.4. The molecular formula is C53H36N4O. The smallest absolute Gasteiger partial charge is 0.164 e. The van der Waals surface area contributed by atoms with E-state index in [9.17, 15) is 5.26 Å². The van der Waals surface area contributed by atoms with Gasteiger partial charge in [-0.25, -0.2) is 15.0 Å². The van der Waals surface area contributed by atoms with Gasteiger partial charge in [0.05, 0.1) is 11.6 Å². The van der Waals surface area contributed by atoms with Gasteiger partial charge in [0.25, 0.3) is 0 Å². The molecule has 2 aromatic heterocycles. The Balaban J connectivity index is 0.923. The molecule has 4 fully saturated rings. The normalized spacial score (nSPS) is 24.8. The first-order valence-electron chi connectivity index (χ1n) is 20.5. The predicted molar refractivity (Wildman–Crippen MR) is 229 cm³/mol. The second-order valence-corrected chi connectivity index (χ2v) is 17.0. The van der Waals surface area contributed by atoms with Crippen molar-refractivity contribution in [3.05, 3.63) is 174 Å². The van der Waals surface area contributed by atoms with Gasteiger partial charge in [-0.15, -0.1) is 0 Å². The number of aromatic nitrogens is 3. The minimum atomic E-state index is -0.00530. The van der Waals surface area contributed by atoms with Crippen LogP contribution in [0.1, 0.15) is 36.0 Å². The topological polar surface area (TPSA) is 75.6 Å². The van der Waals surface area contributed by atoms with Crippen molar-refractivity contribution in [2.45, 2.75) is 24.7 Å². The van der Waals surface area contributed by atoms with Gasteiger partial charge in [-0.1, -0.05) is 140 Å². The molecule has 274 valence electrons. The van der Waals surface area contributed by atoms with Crippen LogP contribution in [0.15, 0.2) is 162 Å². The summed E-state index contributed by atoms with van der Waals surface area (Å²) >= 11 is 0. The molecule has 4 aliphatic rings. The van der Waals surface area contributed by atoms with Crippen molar-refractivity contribution < 1.29 is 4.42 Å². The highest BCUT2D eigenvalue weighted by Crippen LogP contribution is 2.93. The molecule has 0 saturated heterocycles. The highest BCUT2D eigenvalue weighted by molar-refractivity contribution is 6.11. The minimum absolute atomic E-state index is 0.00530.